The summed E-state index contributed by atoms with van der Waals surface area (Å²) in [5, 5.41) is 5.79. The van der Waals surface area contributed by atoms with Crippen LogP contribution in [-0.2, 0) is 6.42 Å². The minimum atomic E-state index is -1.13. The van der Waals surface area contributed by atoms with Gasteiger partial charge >= 0.3 is 0 Å². The monoisotopic (exact) mass is 274 g/mol. The number of amides is 1. The van der Waals surface area contributed by atoms with E-state index in [1.54, 1.807) is 6.07 Å². The van der Waals surface area contributed by atoms with E-state index in [0.717, 1.165) is 30.3 Å². The van der Waals surface area contributed by atoms with Crippen LogP contribution < -0.4 is 10.6 Å². The van der Waals surface area contributed by atoms with Gasteiger partial charge in [-0.3, -0.25) is 4.79 Å². The van der Waals surface area contributed by atoms with Crippen molar-refractivity contribution >= 4 is 17.3 Å². The fourth-order valence-electron chi connectivity index (χ4n) is 2.26. The van der Waals surface area contributed by atoms with Crippen LogP contribution in [0.1, 0.15) is 15.9 Å². The Kier molecular flexibility index (Phi) is 3.10. The molecule has 1 aliphatic heterocycles. The number of carbonyl (C=O) groups excluding carboxylic acids is 1. The maximum atomic E-state index is 13.5. The van der Waals surface area contributed by atoms with Gasteiger partial charge < -0.3 is 10.6 Å². The van der Waals surface area contributed by atoms with Crippen LogP contribution in [0.25, 0.3) is 0 Å². The molecular formula is C15H12F2N2O. The molecule has 102 valence electrons. The molecule has 1 aliphatic rings. The lowest BCUT2D eigenvalue weighted by Gasteiger charge is -2.08. The van der Waals surface area contributed by atoms with Gasteiger partial charge in [0, 0.05) is 17.9 Å². The van der Waals surface area contributed by atoms with E-state index < -0.39 is 17.5 Å². The van der Waals surface area contributed by atoms with Crippen molar-refractivity contribution in [2.75, 3.05) is 17.2 Å². The second-order valence-corrected chi connectivity index (χ2v) is 4.60. The SMILES string of the molecule is O=C(Nc1ccc2c(c1)CCN2)c1cccc(F)c1F. The second-order valence-electron chi connectivity index (χ2n) is 4.60. The van der Waals surface area contributed by atoms with Crippen LogP contribution in [0.3, 0.4) is 0 Å². The number of hydrogen-bond acceptors (Lipinski definition) is 2. The van der Waals surface area contributed by atoms with Gasteiger partial charge in [-0.25, -0.2) is 8.78 Å². The van der Waals surface area contributed by atoms with Crippen molar-refractivity contribution in [2.24, 2.45) is 0 Å². The molecule has 1 amide bonds. The van der Waals surface area contributed by atoms with Crippen LogP contribution in [0, 0.1) is 11.6 Å². The van der Waals surface area contributed by atoms with Crippen LogP contribution in [0.2, 0.25) is 0 Å². The van der Waals surface area contributed by atoms with Crippen molar-refractivity contribution in [1.82, 2.24) is 0 Å². The third-order valence-electron chi connectivity index (χ3n) is 3.27. The van der Waals surface area contributed by atoms with Crippen molar-refractivity contribution in [3.05, 3.63) is 59.2 Å². The summed E-state index contributed by atoms with van der Waals surface area (Å²) in [4.78, 5) is 12.0. The summed E-state index contributed by atoms with van der Waals surface area (Å²) >= 11 is 0. The number of rotatable bonds is 2. The van der Waals surface area contributed by atoms with Crippen LogP contribution in [0.5, 0.6) is 0 Å². The highest BCUT2D eigenvalue weighted by Gasteiger charge is 2.16. The molecule has 1 heterocycles. The van der Waals surface area contributed by atoms with Gasteiger partial charge in [0.05, 0.1) is 5.56 Å². The molecule has 3 rings (SSSR count). The summed E-state index contributed by atoms with van der Waals surface area (Å²) in [7, 11) is 0. The van der Waals surface area contributed by atoms with E-state index in [1.807, 2.05) is 12.1 Å². The Bertz CT molecular complexity index is 686. The summed E-state index contributed by atoms with van der Waals surface area (Å²) < 4.78 is 26.6. The van der Waals surface area contributed by atoms with E-state index in [1.165, 1.54) is 12.1 Å². The lowest BCUT2D eigenvalue weighted by atomic mass is 10.1. The molecule has 3 nitrogen and oxygen atoms in total. The minimum absolute atomic E-state index is 0.302. The highest BCUT2D eigenvalue weighted by Crippen LogP contribution is 2.25. The van der Waals surface area contributed by atoms with Gasteiger partial charge in [0.1, 0.15) is 0 Å². The first-order chi connectivity index (χ1) is 9.65. The Labute approximate surface area is 114 Å². The smallest absolute Gasteiger partial charge is 0.258 e. The molecule has 0 bridgehead atoms. The molecule has 0 aromatic heterocycles. The van der Waals surface area contributed by atoms with Gasteiger partial charge in [-0.2, -0.15) is 0 Å². The molecule has 2 N–H and O–H groups in total. The van der Waals surface area contributed by atoms with E-state index in [-0.39, 0.29) is 5.56 Å². The van der Waals surface area contributed by atoms with Crippen molar-refractivity contribution in [2.45, 2.75) is 6.42 Å². The lowest BCUT2D eigenvalue weighted by Crippen LogP contribution is -2.14. The Balaban J connectivity index is 1.84. The maximum absolute atomic E-state index is 13.5. The summed E-state index contributed by atoms with van der Waals surface area (Å²) in [6.07, 6.45) is 0.882. The first-order valence-electron chi connectivity index (χ1n) is 6.27. The zero-order chi connectivity index (χ0) is 14.1. The molecule has 0 spiro atoms. The molecule has 0 aliphatic carbocycles. The van der Waals surface area contributed by atoms with Gasteiger partial charge in [-0.15, -0.1) is 0 Å². The van der Waals surface area contributed by atoms with E-state index in [0.29, 0.717) is 5.69 Å². The highest BCUT2D eigenvalue weighted by atomic mass is 19.2. The molecule has 0 radical (unpaired) electrons. The van der Waals surface area contributed by atoms with Crippen molar-refractivity contribution < 1.29 is 13.6 Å². The standard InChI is InChI=1S/C15H12F2N2O/c16-12-3-1-2-11(14(12)17)15(20)19-10-4-5-13-9(8-10)6-7-18-13/h1-5,8,18H,6-7H2,(H,19,20). The molecule has 20 heavy (non-hydrogen) atoms. The van der Waals surface area contributed by atoms with E-state index >= 15 is 0 Å². The fraction of sp³-hybridized carbons (Fsp3) is 0.133. The van der Waals surface area contributed by atoms with Crippen LogP contribution in [0.4, 0.5) is 20.2 Å². The average molecular weight is 274 g/mol. The van der Waals surface area contributed by atoms with Crippen LogP contribution in [-0.4, -0.2) is 12.5 Å². The Hall–Kier alpha value is -2.43. The first kappa shape index (κ1) is 12.6. The first-order valence-corrected chi connectivity index (χ1v) is 6.27. The van der Waals surface area contributed by atoms with Crippen LogP contribution in [0.15, 0.2) is 36.4 Å². The minimum Gasteiger partial charge on any atom is -0.384 e. The van der Waals surface area contributed by atoms with E-state index in [4.69, 9.17) is 0 Å². The topological polar surface area (TPSA) is 41.1 Å². The van der Waals surface area contributed by atoms with E-state index in [9.17, 15) is 13.6 Å². The molecule has 0 saturated carbocycles. The van der Waals surface area contributed by atoms with Gasteiger partial charge in [0.2, 0.25) is 0 Å². The number of carbonyl (C=O) groups is 1. The summed E-state index contributed by atoms with van der Waals surface area (Å²) in [6, 6.07) is 8.96. The molecule has 0 atom stereocenters. The molecule has 2 aromatic rings. The van der Waals surface area contributed by atoms with Gasteiger partial charge in [0.25, 0.3) is 5.91 Å². The second kappa shape index (κ2) is 4.92. The Morgan fingerprint density at radius 3 is 2.90 bits per heavy atom. The van der Waals surface area contributed by atoms with Gasteiger partial charge in [0.15, 0.2) is 11.6 Å². The van der Waals surface area contributed by atoms with Crippen molar-refractivity contribution in [3.63, 3.8) is 0 Å². The predicted molar refractivity (Wildman–Crippen MR) is 72.9 cm³/mol. The normalized spacial score (nSPS) is 12.7. The number of hydrogen-bond donors (Lipinski definition) is 2. The molecule has 2 aromatic carbocycles. The zero-order valence-electron chi connectivity index (χ0n) is 10.5. The van der Waals surface area contributed by atoms with Crippen molar-refractivity contribution in [1.29, 1.82) is 0 Å². The molecule has 0 saturated heterocycles. The molecule has 5 heteroatoms. The average Bonchev–Trinajstić information content (AvgIpc) is 2.89. The predicted octanol–water partition coefficient (Wildman–Crippen LogP) is 3.19. The Morgan fingerprint density at radius 1 is 1.20 bits per heavy atom. The number of anilines is 2. The third-order valence-corrected chi connectivity index (χ3v) is 3.27. The van der Waals surface area contributed by atoms with Gasteiger partial charge in [-0.1, -0.05) is 6.07 Å². The highest BCUT2D eigenvalue weighted by molar-refractivity contribution is 6.04. The van der Waals surface area contributed by atoms with E-state index in [2.05, 4.69) is 10.6 Å². The summed E-state index contributed by atoms with van der Waals surface area (Å²) in [5.41, 5.74) is 2.41. The number of fused-ring (bicyclic) bond motifs is 1. The van der Waals surface area contributed by atoms with Crippen molar-refractivity contribution in [3.8, 4) is 0 Å². The maximum Gasteiger partial charge on any atom is 0.258 e. The third kappa shape index (κ3) is 2.22. The number of halogens is 2. The summed E-state index contributed by atoms with van der Waals surface area (Å²) in [5.74, 6) is -2.82. The van der Waals surface area contributed by atoms with Gasteiger partial charge in [-0.05, 0) is 42.3 Å². The van der Waals surface area contributed by atoms with Crippen LogP contribution >= 0.6 is 0 Å². The number of benzene rings is 2. The largest absolute Gasteiger partial charge is 0.384 e. The molecular weight excluding hydrogens is 262 g/mol. The zero-order valence-corrected chi connectivity index (χ0v) is 10.5. The quantitative estimate of drug-likeness (QED) is 0.883. The number of nitrogens with one attached hydrogen (secondary N) is 2. The fourth-order valence-corrected chi connectivity index (χ4v) is 2.26. The molecule has 0 unspecified atom stereocenters. The molecule has 0 fully saturated rings. The Morgan fingerprint density at radius 2 is 2.05 bits per heavy atom. The lowest BCUT2D eigenvalue weighted by molar-refractivity contribution is 0.102. The summed E-state index contributed by atoms with van der Waals surface area (Å²) in [6.45, 7) is 0.866.